The average molecular weight is 249 g/mol. The summed E-state index contributed by atoms with van der Waals surface area (Å²) in [6.45, 7) is 1.86. The van der Waals surface area contributed by atoms with Crippen LogP contribution < -0.4 is 11.0 Å². The van der Waals surface area contributed by atoms with Crippen molar-refractivity contribution in [3.05, 3.63) is 45.9 Å². The van der Waals surface area contributed by atoms with Crippen molar-refractivity contribution >= 4 is 22.6 Å². The van der Waals surface area contributed by atoms with E-state index in [-0.39, 0.29) is 11.6 Å². The van der Waals surface area contributed by atoms with Gasteiger partial charge < -0.3 is 0 Å². The number of aromatic nitrogens is 2. The highest BCUT2D eigenvalue weighted by molar-refractivity contribution is 7.10. The largest absolute Gasteiger partial charge is 0.359 e. The van der Waals surface area contributed by atoms with Crippen molar-refractivity contribution in [2.45, 2.75) is 6.92 Å². The van der Waals surface area contributed by atoms with Gasteiger partial charge in [-0.3, -0.25) is 10.1 Å². The first-order valence-corrected chi connectivity index (χ1v) is 5.76. The molecule has 5 nitrogen and oxygen atoms in total. The number of anilines is 1. The minimum Gasteiger partial charge on any atom is -0.297 e. The number of hydrogen-bond donors (Lipinski definition) is 1. The van der Waals surface area contributed by atoms with Crippen molar-refractivity contribution < 1.29 is 4.79 Å². The van der Waals surface area contributed by atoms with Crippen LogP contribution in [0.25, 0.3) is 0 Å². The number of amides is 1. The Labute approximate surface area is 102 Å². The molecule has 6 heteroatoms. The molecule has 0 unspecified atom stereocenters. The standard InChI is InChI=1S/C11H11N3O2S/c1-7-5-3-4-6-8(7)9(15)12-10-13-11(16)14(2)17-10/h3-6H,1-2H3,(H,12,13,15,16). The Hall–Kier alpha value is -1.95. The molecule has 0 aliphatic rings. The molecule has 0 spiro atoms. The van der Waals surface area contributed by atoms with Gasteiger partial charge in [0.2, 0.25) is 5.13 Å². The minimum atomic E-state index is -0.366. The predicted molar refractivity (Wildman–Crippen MR) is 66.5 cm³/mol. The number of hydrogen-bond acceptors (Lipinski definition) is 4. The first kappa shape index (κ1) is 11.5. The maximum absolute atomic E-state index is 11.9. The van der Waals surface area contributed by atoms with Crippen LogP contribution in [0.2, 0.25) is 0 Å². The molecule has 2 aromatic rings. The second-order valence-electron chi connectivity index (χ2n) is 3.56. The number of aryl methyl sites for hydroxylation is 2. The molecular weight excluding hydrogens is 238 g/mol. The molecule has 0 saturated heterocycles. The Morgan fingerprint density at radius 1 is 1.41 bits per heavy atom. The summed E-state index contributed by atoms with van der Waals surface area (Å²) in [6, 6.07) is 7.25. The second-order valence-corrected chi connectivity index (χ2v) is 4.67. The van der Waals surface area contributed by atoms with Gasteiger partial charge in [0, 0.05) is 12.6 Å². The smallest absolute Gasteiger partial charge is 0.297 e. The van der Waals surface area contributed by atoms with E-state index in [1.54, 1.807) is 19.2 Å². The zero-order valence-corrected chi connectivity index (χ0v) is 10.2. The van der Waals surface area contributed by atoms with E-state index in [2.05, 4.69) is 10.3 Å². The highest BCUT2D eigenvalue weighted by atomic mass is 32.1. The van der Waals surface area contributed by atoms with Gasteiger partial charge in [-0.1, -0.05) is 18.2 Å². The van der Waals surface area contributed by atoms with E-state index >= 15 is 0 Å². The van der Waals surface area contributed by atoms with Crippen LogP contribution in [0.1, 0.15) is 15.9 Å². The molecule has 1 aromatic heterocycles. The third-order valence-corrected chi connectivity index (χ3v) is 3.10. The molecule has 1 N–H and O–H groups in total. The van der Waals surface area contributed by atoms with E-state index in [0.29, 0.717) is 10.7 Å². The van der Waals surface area contributed by atoms with Crippen molar-refractivity contribution in [2.75, 3.05) is 5.32 Å². The highest BCUT2D eigenvalue weighted by Crippen LogP contribution is 2.12. The lowest BCUT2D eigenvalue weighted by molar-refractivity contribution is 0.102. The van der Waals surface area contributed by atoms with E-state index in [9.17, 15) is 9.59 Å². The van der Waals surface area contributed by atoms with Gasteiger partial charge in [-0.25, -0.2) is 8.75 Å². The van der Waals surface area contributed by atoms with E-state index < -0.39 is 0 Å². The summed E-state index contributed by atoms with van der Waals surface area (Å²) >= 11 is 1.10. The zero-order chi connectivity index (χ0) is 12.4. The molecule has 0 aliphatic carbocycles. The molecule has 0 aliphatic heterocycles. The van der Waals surface area contributed by atoms with E-state index in [4.69, 9.17) is 0 Å². The van der Waals surface area contributed by atoms with Crippen LogP contribution in [-0.2, 0) is 7.05 Å². The van der Waals surface area contributed by atoms with Gasteiger partial charge in [0.25, 0.3) is 5.91 Å². The molecule has 17 heavy (non-hydrogen) atoms. The lowest BCUT2D eigenvalue weighted by atomic mass is 10.1. The van der Waals surface area contributed by atoms with Crippen LogP contribution in [-0.4, -0.2) is 14.8 Å². The quantitative estimate of drug-likeness (QED) is 0.875. The molecule has 0 atom stereocenters. The lowest BCUT2D eigenvalue weighted by Crippen LogP contribution is -2.14. The van der Waals surface area contributed by atoms with Crippen LogP contribution in [0.4, 0.5) is 5.13 Å². The summed E-state index contributed by atoms with van der Waals surface area (Å²) in [4.78, 5) is 26.7. The van der Waals surface area contributed by atoms with Crippen molar-refractivity contribution in [3.63, 3.8) is 0 Å². The third kappa shape index (κ3) is 2.42. The van der Waals surface area contributed by atoms with E-state index in [1.165, 1.54) is 3.96 Å². The van der Waals surface area contributed by atoms with Gasteiger partial charge in [-0.2, -0.15) is 4.98 Å². The summed E-state index contributed by atoms with van der Waals surface area (Å²) < 4.78 is 1.35. The van der Waals surface area contributed by atoms with Gasteiger partial charge in [-0.05, 0) is 30.1 Å². The fourth-order valence-corrected chi connectivity index (χ4v) is 2.02. The highest BCUT2D eigenvalue weighted by Gasteiger charge is 2.11. The monoisotopic (exact) mass is 249 g/mol. The fraction of sp³-hybridized carbons (Fsp3) is 0.182. The number of carbonyl (C=O) groups is 1. The van der Waals surface area contributed by atoms with Crippen molar-refractivity contribution in [3.8, 4) is 0 Å². The first-order valence-electron chi connectivity index (χ1n) is 4.99. The Bertz CT molecular complexity index is 615. The van der Waals surface area contributed by atoms with Crippen LogP contribution in [0.15, 0.2) is 29.1 Å². The van der Waals surface area contributed by atoms with Gasteiger partial charge in [0.1, 0.15) is 0 Å². The maximum atomic E-state index is 11.9. The Balaban J connectivity index is 2.23. The van der Waals surface area contributed by atoms with Crippen LogP contribution >= 0.6 is 11.5 Å². The number of carbonyl (C=O) groups excluding carboxylic acids is 1. The summed E-state index contributed by atoms with van der Waals surface area (Å²) in [5.41, 5.74) is 1.10. The molecule has 88 valence electrons. The number of rotatable bonds is 2. The van der Waals surface area contributed by atoms with Crippen LogP contribution in [0.3, 0.4) is 0 Å². The molecule has 0 radical (unpaired) electrons. The second kappa shape index (κ2) is 4.50. The fourth-order valence-electron chi connectivity index (χ4n) is 1.39. The van der Waals surface area contributed by atoms with Gasteiger partial charge in [0.05, 0.1) is 0 Å². The average Bonchev–Trinajstić information content (AvgIpc) is 2.58. The van der Waals surface area contributed by atoms with Gasteiger partial charge in [0.15, 0.2) is 0 Å². The van der Waals surface area contributed by atoms with Gasteiger partial charge in [-0.15, -0.1) is 0 Å². The summed E-state index contributed by atoms with van der Waals surface area (Å²) in [7, 11) is 1.60. The summed E-state index contributed by atoms with van der Waals surface area (Å²) in [5.74, 6) is -0.252. The topological polar surface area (TPSA) is 64.0 Å². The molecule has 0 bridgehead atoms. The van der Waals surface area contributed by atoms with Crippen LogP contribution in [0, 0.1) is 6.92 Å². The predicted octanol–water partition coefficient (Wildman–Crippen LogP) is 1.40. The maximum Gasteiger partial charge on any atom is 0.359 e. The lowest BCUT2D eigenvalue weighted by Gasteiger charge is -2.03. The van der Waals surface area contributed by atoms with Gasteiger partial charge >= 0.3 is 5.69 Å². The third-order valence-electron chi connectivity index (χ3n) is 2.30. The molecule has 0 fully saturated rings. The number of nitrogens with one attached hydrogen (secondary N) is 1. The molecule has 1 amide bonds. The Kier molecular flexibility index (Phi) is 3.06. The Morgan fingerprint density at radius 3 is 2.71 bits per heavy atom. The molecule has 1 aromatic carbocycles. The normalized spacial score (nSPS) is 10.2. The Morgan fingerprint density at radius 2 is 2.12 bits per heavy atom. The van der Waals surface area contributed by atoms with Crippen LogP contribution in [0.5, 0.6) is 0 Å². The van der Waals surface area contributed by atoms with Crippen molar-refractivity contribution in [1.82, 2.24) is 8.94 Å². The molecule has 2 rings (SSSR count). The van der Waals surface area contributed by atoms with E-state index in [1.807, 2.05) is 19.1 Å². The summed E-state index contributed by atoms with van der Waals surface area (Å²) in [6.07, 6.45) is 0. The molecular formula is C11H11N3O2S. The van der Waals surface area contributed by atoms with Crippen molar-refractivity contribution in [1.29, 1.82) is 0 Å². The number of nitrogens with zero attached hydrogens (tertiary/aromatic N) is 2. The van der Waals surface area contributed by atoms with Crippen molar-refractivity contribution in [2.24, 2.45) is 7.05 Å². The molecule has 1 heterocycles. The zero-order valence-electron chi connectivity index (χ0n) is 9.43. The minimum absolute atomic E-state index is 0.252. The summed E-state index contributed by atoms with van der Waals surface area (Å²) in [5, 5.41) is 2.92. The number of benzene rings is 1. The first-order chi connectivity index (χ1) is 8.08. The SMILES string of the molecule is Cc1ccccc1C(=O)Nc1nc(=O)n(C)s1. The van der Waals surface area contributed by atoms with E-state index in [0.717, 1.165) is 17.1 Å². The molecule has 0 saturated carbocycles.